The molecule has 0 aliphatic heterocycles. The highest BCUT2D eigenvalue weighted by Gasteiger charge is 2.24. The van der Waals surface area contributed by atoms with Gasteiger partial charge in [-0.1, -0.05) is 26.8 Å². The van der Waals surface area contributed by atoms with Crippen molar-refractivity contribution >= 4 is 21.9 Å². The van der Waals surface area contributed by atoms with Crippen LogP contribution in [0.1, 0.15) is 26.3 Å². The molecule has 0 spiro atoms. The third-order valence-electron chi connectivity index (χ3n) is 2.51. The Kier molecular flexibility index (Phi) is 5.00. The minimum Gasteiger partial charge on any atom is -0.478 e. The highest BCUT2D eigenvalue weighted by molar-refractivity contribution is 9.10. The van der Waals surface area contributed by atoms with Crippen LogP contribution in [0.4, 0.5) is 0 Å². The Balaban J connectivity index is 2.90. The molecule has 0 saturated carbocycles. The average Bonchev–Trinajstić information content (AvgIpc) is 2.26. The van der Waals surface area contributed by atoms with Crippen molar-refractivity contribution in [3.63, 3.8) is 0 Å². The Labute approximate surface area is 110 Å². The molecular weight excluding hydrogens is 284 g/mol. The van der Waals surface area contributed by atoms with Crippen LogP contribution < -0.4 is 4.74 Å². The second-order valence-electron chi connectivity index (χ2n) is 4.24. The Bertz CT molecular complexity index is 402. The van der Waals surface area contributed by atoms with Crippen molar-refractivity contribution in [2.24, 2.45) is 5.92 Å². The second kappa shape index (κ2) is 6.05. The molecule has 0 fully saturated rings. The smallest absolute Gasteiger partial charge is 0.345 e. The largest absolute Gasteiger partial charge is 0.478 e. The number of rotatable bonds is 5. The maximum absolute atomic E-state index is 11.0. The fraction of sp³-hybridized carbons (Fsp3) is 0.462. The first kappa shape index (κ1) is 14.0. The number of aliphatic carboxylic acids is 1. The Morgan fingerprint density at radius 1 is 1.47 bits per heavy atom. The van der Waals surface area contributed by atoms with Gasteiger partial charge in [-0.15, -0.1) is 0 Å². The van der Waals surface area contributed by atoms with Crippen molar-refractivity contribution < 1.29 is 14.6 Å². The molecule has 0 heterocycles. The lowest BCUT2D eigenvalue weighted by Gasteiger charge is -2.19. The summed E-state index contributed by atoms with van der Waals surface area (Å²) >= 11 is 3.40. The minimum absolute atomic E-state index is 0.0785. The van der Waals surface area contributed by atoms with E-state index in [-0.39, 0.29) is 5.92 Å². The molecule has 1 atom stereocenters. The zero-order valence-electron chi connectivity index (χ0n) is 10.2. The SMILES string of the molecule is CCc1ccc(OC(C(=O)O)C(C)C)c(Br)c1. The van der Waals surface area contributed by atoms with E-state index in [0.717, 1.165) is 10.9 Å². The zero-order valence-corrected chi connectivity index (χ0v) is 11.8. The van der Waals surface area contributed by atoms with E-state index in [2.05, 4.69) is 22.9 Å². The summed E-state index contributed by atoms with van der Waals surface area (Å²) in [7, 11) is 0. The van der Waals surface area contributed by atoms with E-state index >= 15 is 0 Å². The molecule has 94 valence electrons. The van der Waals surface area contributed by atoms with Gasteiger partial charge in [0.2, 0.25) is 0 Å². The van der Waals surface area contributed by atoms with E-state index in [9.17, 15) is 4.79 Å². The van der Waals surface area contributed by atoms with Gasteiger partial charge in [0.1, 0.15) is 5.75 Å². The summed E-state index contributed by atoms with van der Waals surface area (Å²) < 4.78 is 6.32. The molecule has 0 aliphatic carbocycles. The Morgan fingerprint density at radius 2 is 2.12 bits per heavy atom. The van der Waals surface area contributed by atoms with E-state index in [1.54, 1.807) is 6.07 Å². The van der Waals surface area contributed by atoms with Crippen molar-refractivity contribution in [3.05, 3.63) is 28.2 Å². The second-order valence-corrected chi connectivity index (χ2v) is 5.09. The number of halogens is 1. The predicted octanol–water partition coefficient (Wildman–Crippen LogP) is 3.50. The van der Waals surface area contributed by atoms with Gasteiger partial charge in [0.25, 0.3) is 0 Å². The number of aryl methyl sites for hydroxylation is 1. The molecule has 1 unspecified atom stereocenters. The van der Waals surface area contributed by atoms with Crippen molar-refractivity contribution in [1.82, 2.24) is 0 Å². The number of benzene rings is 1. The maximum Gasteiger partial charge on any atom is 0.345 e. The third kappa shape index (κ3) is 3.73. The van der Waals surface area contributed by atoms with Gasteiger partial charge in [-0.25, -0.2) is 4.79 Å². The first-order valence-electron chi connectivity index (χ1n) is 5.63. The van der Waals surface area contributed by atoms with Gasteiger partial charge in [0, 0.05) is 5.92 Å². The van der Waals surface area contributed by atoms with E-state index in [0.29, 0.717) is 5.75 Å². The topological polar surface area (TPSA) is 46.5 Å². The normalized spacial score (nSPS) is 12.5. The van der Waals surface area contributed by atoms with Gasteiger partial charge in [-0.2, -0.15) is 0 Å². The highest BCUT2D eigenvalue weighted by Crippen LogP contribution is 2.28. The molecule has 1 N–H and O–H groups in total. The van der Waals surface area contributed by atoms with Crippen LogP contribution in [0.25, 0.3) is 0 Å². The summed E-state index contributed by atoms with van der Waals surface area (Å²) in [6.07, 6.45) is 0.115. The van der Waals surface area contributed by atoms with Crippen LogP contribution in [0, 0.1) is 5.92 Å². The Hall–Kier alpha value is -1.03. The minimum atomic E-state index is -0.938. The van der Waals surface area contributed by atoms with Gasteiger partial charge in [-0.3, -0.25) is 0 Å². The van der Waals surface area contributed by atoms with Gasteiger partial charge < -0.3 is 9.84 Å². The molecule has 17 heavy (non-hydrogen) atoms. The molecule has 3 nitrogen and oxygen atoms in total. The van der Waals surface area contributed by atoms with Crippen LogP contribution in [0.3, 0.4) is 0 Å². The van der Waals surface area contributed by atoms with Crippen LogP contribution in [0.15, 0.2) is 22.7 Å². The molecule has 1 aromatic rings. The lowest BCUT2D eigenvalue weighted by Crippen LogP contribution is -2.32. The standard InChI is InChI=1S/C13H17BrO3/c1-4-9-5-6-11(10(14)7-9)17-12(8(2)3)13(15)16/h5-8,12H,4H2,1-3H3,(H,15,16). The molecule has 0 saturated heterocycles. The van der Waals surface area contributed by atoms with Gasteiger partial charge in [-0.05, 0) is 40.0 Å². The third-order valence-corrected chi connectivity index (χ3v) is 3.13. The summed E-state index contributed by atoms with van der Waals surface area (Å²) in [5, 5.41) is 9.06. The molecule has 0 amide bonds. The quantitative estimate of drug-likeness (QED) is 0.905. The van der Waals surface area contributed by atoms with Gasteiger partial charge in [0.15, 0.2) is 6.10 Å². The van der Waals surface area contributed by atoms with Crippen LogP contribution in [-0.2, 0) is 11.2 Å². The van der Waals surface area contributed by atoms with Crippen LogP contribution in [0.2, 0.25) is 0 Å². The van der Waals surface area contributed by atoms with Crippen molar-refractivity contribution in [1.29, 1.82) is 0 Å². The summed E-state index contributed by atoms with van der Waals surface area (Å²) in [5.74, 6) is -0.444. The fourth-order valence-corrected chi connectivity index (χ4v) is 1.99. The lowest BCUT2D eigenvalue weighted by atomic mass is 10.1. The van der Waals surface area contributed by atoms with Crippen molar-refractivity contribution in [3.8, 4) is 5.75 Å². The first-order chi connectivity index (χ1) is 7.95. The molecule has 0 aromatic heterocycles. The predicted molar refractivity (Wildman–Crippen MR) is 70.4 cm³/mol. The molecular formula is C13H17BrO3. The number of hydrogen-bond acceptors (Lipinski definition) is 2. The number of ether oxygens (including phenoxy) is 1. The average molecular weight is 301 g/mol. The molecule has 0 radical (unpaired) electrons. The van der Waals surface area contributed by atoms with E-state index < -0.39 is 12.1 Å². The number of carboxylic acid groups (broad SMARTS) is 1. The first-order valence-corrected chi connectivity index (χ1v) is 6.42. The highest BCUT2D eigenvalue weighted by atomic mass is 79.9. The maximum atomic E-state index is 11.0. The number of carbonyl (C=O) groups is 1. The monoisotopic (exact) mass is 300 g/mol. The molecule has 0 aliphatic rings. The molecule has 1 rings (SSSR count). The van der Waals surface area contributed by atoms with E-state index in [1.807, 2.05) is 26.0 Å². The zero-order chi connectivity index (χ0) is 13.0. The van der Waals surface area contributed by atoms with Gasteiger partial charge in [0.05, 0.1) is 4.47 Å². The van der Waals surface area contributed by atoms with Crippen molar-refractivity contribution in [2.45, 2.75) is 33.3 Å². The van der Waals surface area contributed by atoms with Crippen molar-refractivity contribution in [2.75, 3.05) is 0 Å². The van der Waals surface area contributed by atoms with E-state index in [1.165, 1.54) is 5.56 Å². The summed E-state index contributed by atoms with van der Waals surface area (Å²) in [6.45, 7) is 5.72. The Morgan fingerprint density at radius 3 is 2.53 bits per heavy atom. The van der Waals surface area contributed by atoms with Crippen LogP contribution in [0.5, 0.6) is 5.75 Å². The van der Waals surface area contributed by atoms with Crippen LogP contribution in [-0.4, -0.2) is 17.2 Å². The number of hydrogen-bond donors (Lipinski definition) is 1. The summed E-state index contributed by atoms with van der Waals surface area (Å²) in [4.78, 5) is 11.0. The fourth-order valence-electron chi connectivity index (χ4n) is 1.47. The van der Waals surface area contributed by atoms with Crippen LogP contribution >= 0.6 is 15.9 Å². The summed E-state index contributed by atoms with van der Waals surface area (Å²) in [6, 6.07) is 5.70. The molecule has 4 heteroatoms. The molecule has 1 aromatic carbocycles. The molecule has 0 bridgehead atoms. The number of carboxylic acids is 1. The van der Waals surface area contributed by atoms with E-state index in [4.69, 9.17) is 9.84 Å². The van der Waals surface area contributed by atoms with Gasteiger partial charge >= 0.3 is 5.97 Å². The summed E-state index contributed by atoms with van der Waals surface area (Å²) in [5.41, 5.74) is 1.18. The lowest BCUT2D eigenvalue weighted by molar-refractivity contribution is -0.147.